The highest BCUT2D eigenvalue weighted by molar-refractivity contribution is 5.87. The summed E-state index contributed by atoms with van der Waals surface area (Å²) < 4.78 is 0. The molecule has 13 heavy (non-hydrogen) atoms. The topological polar surface area (TPSA) is 32.3 Å². The second-order valence-electron chi connectivity index (χ2n) is 4.13. The molecule has 0 aromatic heterocycles. The van der Waals surface area contributed by atoms with Crippen LogP contribution in [0.4, 0.5) is 0 Å². The van der Waals surface area contributed by atoms with Gasteiger partial charge in [-0.2, -0.15) is 0 Å². The van der Waals surface area contributed by atoms with E-state index in [0.29, 0.717) is 0 Å². The minimum absolute atomic E-state index is 0.108. The molecule has 0 fully saturated rings. The van der Waals surface area contributed by atoms with Crippen molar-refractivity contribution in [1.82, 2.24) is 10.2 Å². The monoisotopic (exact) mass is 184 g/mol. The molecule has 0 rings (SSSR count). The third-order valence-electron chi connectivity index (χ3n) is 1.83. The molecule has 0 spiro atoms. The van der Waals surface area contributed by atoms with Crippen LogP contribution in [0.25, 0.3) is 0 Å². The lowest BCUT2D eigenvalue weighted by atomic mass is 10.0. The average Bonchev–Trinajstić information content (AvgIpc) is 2.00. The van der Waals surface area contributed by atoms with Crippen LogP contribution >= 0.6 is 0 Å². The lowest BCUT2D eigenvalue weighted by Gasteiger charge is -2.27. The second kappa shape index (κ2) is 5.02. The number of nitrogens with one attached hydrogen (secondary N) is 1. The van der Waals surface area contributed by atoms with Crippen molar-refractivity contribution in [3.63, 3.8) is 0 Å². The molecule has 0 aliphatic heterocycles. The molecule has 3 heteroatoms. The Labute approximate surface area is 80.8 Å². The van der Waals surface area contributed by atoms with Gasteiger partial charge < -0.3 is 10.2 Å². The second-order valence-corrected chi connectivity index (χ2v) is 4.13. The summed E-state index contributed by atoms with van der Waals surface area (Å²) in [6.45, 7) is 8.40. The normalized spacial score (nSPS) is 11.5. The van der Waals surface area contributed by atoms with Crippen LogP contribution in [-0.2, 0) is 4.79 Å². The molecule has 0 aromatic rings. The molecule has 0 aliphatic carbocycles. The van der Waals surface area contributed by atoms with Crippen LogP contribution < -0.4 is 5.32 Å². The summed E-state index contributed by atoms with van der Waals surface area (Å²) in [6, 6.07) is 0. The van der Waals surface area contributed by atoms with E-state index in [1.807, 2.05) is 27.9 Å². The Balaban J connectivity index is 3.92. The average molecular weight is 184 g/mol. The number of rotatable bonds is 5. The summed E-state index contributed by atoms with van der Waals surface area (Å²) in [5, 5.41) is 2.88. The third kappa shape index (κ3) is 6.34. The Morgan fingerprint density at radius 2 is 2.08 bits per heavy atom. The van der Waals surface area contributed by atoms with Gasteiger partial charge >= 0.3 is 0 Å². The maximum atomic E-state index is 11.0. The molecule has 0 bridgehead atoms. The van der Waals surface area contributed by atoms with E-state index in [-0.39, 0.29) is 11.4 Å². The maximum absolute atomic E-state index is 11.0. The molecular formula is C10H20N2O. The van der Waals surface area contributed by atoms with Gasteiger partial charge in [-0.05, 0) is 47.0 Å². The first-order chi connectivity index (χ1) is 5.87. The van der Waals surface area contributed by atoms with Crippen molar-refractivity contribution in [3.05, 3.63) is 12.7 Å². The molecule has 0 unspecified atom stereocenters. The molecule has 0 radical (unpaired) electrons. The fourth-order valence-corrected chi connectivity index (χ4v) is 0.950. The molecule has 0 saturated heterocycles. The quantitative estimate of drug-likeness (QED) is 0.647. The molecule has 3 nitrogen and oxygen atoms in total. The number of carbonyl (C=O) groups is 1. The molecule has 0 saturated carbocycles. The van der Waals surface area contributed by atoms with E-state index < -0.39 is 0 Å². The number of nitrogens with zero attached hydrogens (tertiary/aromatic N) is 1. The summed E-state index contributed by atoms with van der Waals surface area (Å²) in [5.74, 6) is -0.108. The van der Waals surface area contributed by atoms with Crippen molar-refractivity contribution in [1.29, 1.82) is 0 Å². The molecule has 0 heterocycles. The van der Waals surface area contributed by atoms with Crippen molar-refractivity contribution < 1.29 is 4.79 Å². The SMILES string of the molecule is C=CC(=O)NC(C)(C)CCN(C)C. The van der Waals surface area contributed by atoms with E-state index in [0.717, 1.165) is 13.0 Å². The number of amides is 1. The van der Waals surface area contributed by atoms with Crippen LogP contribution in [0.1, 0.15) is 20.3 Å². The first-order valence-electron chi connectivity index (χ1n) is 4.47. The van der Waals surface area contributed by atoms with Gasteiger partial charge in [0.1, 0.15) is 0 Å². The summed E-state index contributed by atoms with van der Waals surface area (Å²) in [6.07, 6.45) is 2.23. The van der Waals surface area contributed by atoms with E-state index in [4.69, 9.17) is 0 Å². The predicted molar refractivity (Wildman–Crippen MR) is 55.6 cm³/mol. The highest BCUT2D eigenvalue weighted by Gasteiger charge is 2.18. The van der Waals surface area contributed by atoms with Crippen molar-refractivity contribution in [2.45, 2.75) is 25.8 Å². The summed E-state index contributed by atoms with van der Waals surface area (Å²) in [5.41, 5.74) is -0.157. The number of hydrogen-bond donors (Lipinski definition) is 1. The Bertz CT molecular complexity index is 185. The van der Waals surface area contributed by atoms with Crippen LogP contribution in [0.15, 0.2) is 12.7 Å². The Morgan fingerprint density at radius 3 is 2.46 bits per heavy atom. The summed E-state index contributed by atoms with van der Waals surface area (Å²) in [4.78, 5) is 13.1. The predicted octanol–water partition coefficient (Wildman–Crippen LogP) is 1.02. The molecule has 1 N–H and O–H groups in total. The molecule has 0 aliphatic rings. The van der Waals surface area contributed by atoms with E-state index in [2.05, 4.69) is 16.8 Å². The lowest BCUT2D eigenvalue weighted by molar-refractivity contribution is -0.118. The van der Waals surface area contributed by atoms with Crippen molar-refractivity contribution in [3.8, 4) is 0 Å². The van der Waals surface area contributed by atoms with Gasteiger partial charge in [0, 0.05) is 5.54 Å². The molecule has 0 atom stereocenters. The molecule has 76 valence electrons. The summed E-state index contributed by atoms with van der Waals surface area (Å²) >= 11 is 0. The van der Waals surface area contributed by atoms with Crippen LogP contribution in [-0.4, -0.2) is 37.0 Å². The Kier molecular flexibility index (Phi) is 4.70. The van der Waals surface area contributed by atoms with Gasteiger partial charge in [-0.3, -0.25) is 4.79 Å². The minimum atomic E-state index is -0.157. The van der Waals surface area contributed by atoms with Gasteiger partial charge in [-0.15, -0.1) is 0 Å². The Hall–Kier alpha value is -0.830. The van der Waals surface area contributed by atoms with E-state index in [1.165, 1.54) is 6.08 Å². The first-order valence-corrected chi connectivity index (χ1v) is 4.47. The zero-order chi connectivity index (χ0) is 10.5. The number of hydrogen-bond acceptors (Lipinski definition) is 2. The fraction of sp³-hybridized carbons (Fsp3) is 0.700. The van der Waals surface area contributed by atoms with Crippen LogP contribution in [0.2, 0.25) is 0 Å². The van der Waals surface area contributed by atoms with Crippen molar-refractivity contribution in [2.24, 2.45) is 0 Å². The lowest BCUT2D eigenvalue weighted by Crippen LogP contribution is -2.44. The highest BCUT2D eigenvalue weighted by atomic mass is 16.1. The van der Waals surface area contributed by atoms with E-state index in [9.17, 15) is 4.79 Å². The number of carbonyl (C=O) groups excluding carboxylic acids is 1. The first kappa shape index (κ1) is 12.2. The van der Waals surface area contributed by atoms with Crippen LogP contribution in [0, 0.1) is 0 Å². The largest absolute Gasteiger partial charge is 0.348 e. The zero-order valence-electron chi connectivity index (χ0n) is 9.05. The molecular weight excluding hydrogens is 164 g/mol. The van der Waals surface area contributed by atoms with Gasteiger partial charge in [0.2, 0.25) is 5.91 Å². The van der Waals surface area contributed by atoms with Crippen molar-refractivity contribution in [2.75, 3.05) is 20.6 Å². The highest BCUT2D eigenvalue weighted by Crippen LogP contribution is 2.08. The van der Waals surface area contributed by atoms with Gasteiger partial charge in [-0.1, -0.05) is 6.58 Å². The van der Waals surface area contributed by atoms with Crippen molar-refractivity contribution >= 4 is 5.91 Å². The summed E-state index contributed by atoms with van der Waals surface area (Å²) in [7, 11) is 4.04. The maximum Gasteiger partial charge on any atom is 0.243 e. The van der Waals surface area contributed by atoms with Crippen LogP contribution in [0.3, 0.4) is 0 Å². The van der Waals surface area contributed by atoms with Gasteiger partial charge in [0.25, 0.3) is 0 Å². The van der Waals surface area contributed by atoms with E-state index >= 15 is 0 Å². The van der Waals surface area contributed by atoms with Gasteiger partial charge in [0.05, 0.1) is 0 Å². The minimum Gasteiger partial charge on any atom is -0.348 e. The molecule has 1 amide bonds. The van der Waals surface area contributed by atoms with Gasteiger partial charge in [-0.25, -0.2) is 0 Å². The third-order valence-corrected chi connectivity index (χ3v) is 1.83. The zero-order valence-corrected chi connectivity index (χ0v) is 9.05. The molecule has 0 aromatic carbocycles. The van der Waals surface area contributed by atoms with Gasteiger partial charge in [0.15, 0.2) is 0 Å². The Morgan fingerprint density at radius 1 is 1.54 bits per heavy atom. The van der Waals surface area contributed by atoms with Crippen LogP contribution in [0.5, 0.6) is 0 Å². The standard InChI is InChI=1S/C10H20N2O/c1-6-9(13)11-10(2,3)7-8-12(4)5/h6H,1,7-8H2,2-5H3,(H,11,13). The smallest absolute Gasteiger partial charge is 0.243 e. The van der Waals surface area contributed by atoms with E-state index in [1.54, 1.807) is 0 Å². The fourth-order valence-electron chi connectivity index (χ4n) is 0.950.